The van der Waals surface area contributed by atoms with Gasteiger partial charge in [-0.2, -0.15) is 5.10 Å². The third-order valence-corrected chi connectivity index (χ3v) is 7.30. The third kappa shape index (κ3) is 5.41. The summed E-state index contributed by atoms with van der Waals surface area (Å²) in [6.07, 6.45) is 5.22. The molecule has 0 saturated carbocycles. The zero-order valence-electron chi connectivity index (χ0n) is 20.5. The van der Waals surface area contributed by atoms with Crippen molar-refractivity contribution in [2.24, 2.45) is 7.05 Å². The summed E-state index contributed by atoms with van der Waals surface area (Å²) in [6, 6.07) is 7.77. The first-order valence-electron chi connectivity index (χ1n) is 12.3. The van der Waals surface area contributed by atoms with Crippen molar-refractivity contribution in [2.75, 3.05) is 33.4 Å². The molecule has 1 fully saturated rings. The number of fused-ring (bicyclic) bond motifs is 3. The van der Waals surface area contributed by atoms with Gasteiger partial charge in [0.1, 0.15) is 12.4 Å². The number of ether oxygens (including phenoxy) is 2. The number of hydrogen-bond acceptors (Lipinski definition) is 5. The monoisotopic (exact) mass is 454 g/mol. The minimum Gasteiger partial charge on any atom is -0.492 e. The summed E-state index contributed by atoms with van der Waals surface area (Å²) in [4.78, 5) is 17.9. The van der Waals surface area contributed by atoms with Crippen LogP contribution in [0.1, 0.15) is 59.4 Å². The topological polar surface area (TPSA) is 59.8 Å². The van der Waals surface area contributed by atoms with Crippen LogP contribution in [0.2, 0.25) is 0 Å². The summed E-state index contributed by atoms with van der Waals surface area (Å²) in [5, 5.41) is 4.60. The number of piperidine rings is 1. The summed E-state index contributed by atoms with van der Waals surface area (Å²) in [5.41, 5.74) is 4.33. The van der Waals surface area contributed by atoms with Crippen molar-refractivity contribution in [1.29, 1.82) is 0 Å². The summed E-state index contributed by atoms with van der Waals surface area (Å²) >= 11 is 0. The molecular weight excluding hydrogens is 416 g/mol. The molecule has 2 aromatic rings. The molecule has 0 spiro atoms. The highest BCUT2D eigenvalue weighted by molar-refractivity contribution is 5.95. The molecule has 0 aliphatic carbocycles. The average molecular weight is 455 g/mol. The largest absolute Gasteiger partial charge is 0.492 e. The molecule has 7 nitrogen and oxygen atoms in total. The summed E-state index contributed by atoms with van der Waals surface area (Å²) in [5.74, 6) is 0.844. The lowest BCUT2D eigenvalue weighted by molar-refractivity contribution is -0.0156. The van der Waals surface area contributed by atoms with Gasteiger partial charge in [-0.15, -0.1) is 0 Å². The van der Waals surface area contributed by atoms with Crippen LogP contribution in [0.4, 0.5) is 0 Å². The Balaban J connectivity index is 1.55. The summed E-state index contributed by atoms with van der Waals surface area (Å²) in [7, 11) is 3.78. The number of carbonyl (C=O) groups excluding carboxylic acids is 1. The molecule has 4 rings (SSSR count). The second-order valence-electron chi connectivity index (χ2n) is 9.40. The molecule has 33 heavy (non-hydrogen) atoms. The molecule has 0 unspecified atom stereocenters. The van der Waals surface area contributed by atoms with Crippen LogP contribution in [0, 0.1) is 13.8 Å². The van der Waals surface area contributed by atoms with Gasteiger partial charge in [-0.3, -0.25) is 14.4 Å². The fraction of sp³-hybridized carbons (Fsp3) is 0.615. The average Bonchev–Trinajstić information content (AvgIpc) is 3.06. The molecule has 1 aromatic carbocycles. The van der Waals surface area contributed by atoms with E-state index in [0.29, 0.717) is 12.2 Å². The van der Waals surface area contributed by atoms with Gasteiger partial charge in [0, 0.05) is 50.6 Å². The van der Waals surface area contributed by atoms with Gasteiger partial charge in [-0.1, -0.05) is 12.5 Å². The van der Waals surface area contributed by atoms with Gasteiger partial charge < -0.3 is 14.4 Å². The highest BCUT2D eigenvalue weighted by Crippen LogP contribution is 2.27. The lowest BCUT2D eigenvalue weighted by Crippen LogP contribution is -2.51. The van der Waals surface area contributed by atoms with Crippen LogP contribution in [0.15, 0.2) is 24.3 Å². The van der Waals surface area contributed by atoms with E-state index in [4.69, 9.17) is 9.47 Å². The van der Waals surface area contributed by atoms with Gasteiger partial charge in [0.25, 0.3) is 5.91 Å². The molecule has 1 amide bonds. The van der Waals surface area contributed by atoms with Crippen LogP contribution in [0.3, 0.4) is 0 Å². The van der Waals surface area contributed by atoms with E-state index in [1.165, 1.54) is 11.3 Å². The van der Waals surface area contributed by atoms with Gasteiger partial charge >= 0.3 is 0 Å². The molecular formula is C26H38N4O3. The van der Waals surface area contributed by atoms with E-state index in [1.54, 1.807) is 7.11 Å². The van der Waals surface area contributed by atoms with E-state index in [9.17, 15) is 4.79 Å². The zero-order chi connectivity index (χ0) is 23.4. The Bertz CT molecular complexity index is 957. The number of aryl methyl sites for hydroxylation is 2. The Kier molecular flexibility index (Phi) is 7.71. The van der Waals surface area contributed by atoms with Gasteiger partial charge in [-0.05, 0) is 64.3 Å². The van der Waals surface area contributed by atoms with Gasteiger partial charge in [0.05, 0.1) is 17.8 Å². The Hall–Kier alpha value is -2.38. The van der Waals surface area contributed by atoms with E-state index in [2.05, 4.69) is 23.8 Å². The molecule has 2 aliphatic rings. The van der Waals surface area contributed by atoms with Crippen molar-refractivity contribution in [2.45, 2.75) is 64.6 Å². The Labute approximate surface area is 197 Å². The number of amides is 1. The number of aromatic nitrogens is 2. The maximum Gasteiger partial charge on any atom is 0.254 e. The number of hydrogen-bond donors (Lipinski definition) is 0. The lowest BCUT2D eigenvalue weighted by Gasteiger charge is -2.41. The van der Waals surface area contributed by atoms with Crippen molar-refractivity contribution < 1.29 is 14.3 Å². The van der Waals surface area contributed by atoms with Crippen molar-refractivity contribution in [3.8, 4) is 5.75 Å². The van der Waals surface area contributed by atoms with Crippen LogP contribution >= 0.6 is 0 Å². The Morgan fingerprint density at radius 3 is 2.73 bits per heavy atom. The number of carbonyl (C=O) groups is 1. The summed E-state index contributed by atoms with van der Waals surface area (Å²) in [6.45, 7) is 8.32. The molecule has 1 saturated heterocycles. The number of methoxy groups -OCH3 is 1. The first kappa shape index (κ1) is 23.8. The first-order valence-corrected chi connectivity index (χ1v) is 12.3. The molecule has 2 bridgehead atoms. The fourth-order valence-corrected chi connectivity index (χ4v) is 5.30. The smallest absolute Gasteiger partial charge is 0.254 e. The van der Waals surface area contributed by atoms with E-state index >= 15 is 0 Å². The Morgan fingerprint density at radius 1 is 1.12 bits per heavy atom. The highest BCUT2D eigenvalue weighted by Gasteiger charge is 2.34. The van der Waals surface area contributed by atoms with Crippen LogP contribution < -0.4 is 4.74 Å². The van der Waals surface area contributed by atoms with Crippen LogP contribution in [0.25, 0.3) is 0 Å². The van der Waals surface area contributed by atoms with Crippen molar-refractivity contribution in [1.82, 2.24) is 19.6 Å². The molecule has 3 heterocycles. The molecule has 180 valence electrons. The lowest BCUT2D eigenvalue weighted by atomic mass is 9.93. The number of benzene rings is 1. The van der Waals surface area contributed by atoms with Gasteiger partial charge in [0.2, 0.25) is 0 Å². The molecule has 0 N–H and O–H groups in total. The molecule has 7 heteroatoms. The second kappa shape index (κ2) is 10.7. The quantitative estimate of drug-likeness (QED) is 0.707. The van der Waals surface area contributed by atoms with E-state index in [0.717, 1.165) is 69.7 Å². The number of nitrogens with zero attached hydrogens (tertiary/aromatic N) is 4. The van der Waals surface area contributed by atoms with Crippen molar-refractivity contribution in [3.63, 3.8) is 0 Å². The van der Waals surface area contributed by atoms with E-state index in [1.807, 2.05) is 40.9 Å². The van der Waals surface area contributed by atoms with Crippen molar-refractivity contribution >= 4 is 5.91 Å². The molecule has 0 radical (unpaired) electrons. The normalized spacial score (nSPS) is 23.0. The molecule has 2 atom stereocenters. The molecule has 2 aliphatic heterocycles. The maximum atomic E-state index is 13.4. The van der Waals surface area contributed by atoms with Crippen LogP contribution in [-0.2, 0) is 18.3 Å². The molecule has 1 aromatic heterocycles. The predicted molar refractivity (Wildman–Crippen MR) is 129 cm³/mol. The summed E-state index contributed by atoms with van der Waals surface area (Å²) < 4.78 is 13.9. The number of rotatable bonds is 3. The maximum absolute atomic E-state index is 13.4. The van der Waals surface area contributed by atoms with Crippen LogP contribution in [-0.4, -0.2) is 71.0 Å². The minimum atomic E-state index is 0.0911. The van der Waals surface area contributed by atoms with E-state index < -0.39 is 0 Å². The van der Waals surface area contributed by atoms with Crippen LogP contribution in [0.5, 0.6) is 5.75 Å². The van der Waals surface area contributed by atoms with Gasteiger partial charge in [-0.25, -0.2) is 0 Å². The fourth-order valence-electron chi connectivity index (χ4n) is 5.30. The van der Waals surface area contributed by atoms with Crippen molar-refractivity contribution in [3.05, 3.63) is 46.8 Å². The standard InChI is InChI=1S/C26H38N4O3/c1-19-23(20(2)28(3)27-19)18-29-13-6-5-11-24-25(32-4)12-8-14-30(24)26(31)21-9-7-10-22(17-21)33-16-15-29/h7,9-10,17,24-25H,5-6,8,11-16,18H2,1-4H3/t24-,25-/m0/s1. The Morgan fingerprint density at radius 2 is 1.97 bits per heavy atom. The predicted octanol–water partition coefficient (Wildman–Crippen LogP) is 3.72. The zero-order valence-corrected chi connectivity index (χ0v) is 20.5. The second-order valence-corrected chi connectivity index (χ2v) is 9.40. The highest BCUT2D eigenvalue weighted by atomic mass is 16.5. The minimum absolute atomic E-state index is 0.0911. The van der Waals surface area contributed by atoms with Gasteiger partial charge in [0.15, 0.2) is 0 Å². The SMILES string of the molecule is CO[C@H]1CCCN2C(=O)c3cccc(c3)OCCN(Cc3c(C)nn(C)c3C)CCCC[C@@H]12. The first-order chi connectivity index (χ1) is 16.0. The van der Waals surface area contributed by atoms with E-state index in [-0.39, 0.29) is 18.1 Å². The third-order valence-electron chi connectivity index (χ3n) is 7.30.